The Labute approximate surface area is 130 Å². The molecule has 0 amide bonds. The fourth-order valence-corrected chi connectivity index (χ4v) is 7.34. The molecule has 1 atom stereocenters. The van der Waals surface area contributed by atoms with E-state index in [-0.39, 0.29) is 41.8 Å². The van der Waals surface area contributed by atoms with Crippen molar-refractivity contribution in [3.8, 4) is 0 Å². The molecule has 122 valence electrons. The Kier molecular flexibility index (Phi) is 9.14. The second-order valence-corrected chi connectivity index (χ2v) is 14.0. The maximum absolute atomic E-state index is 11.7. The van der Waals surface area contributed by atoms with E-state index in [0.717, 1.165) is 0 Å². The minimum atomic E-state index is -3.36. The lowest BCUT2D eigenvalue weighted by molar-refractivity contribution is 0.369. The molecule has 0 aliphatic rings. The first kappa shape index (κ1) is 20.6. The third-order valence-electron chi connectivity index (χ3n) is 2.16. The topological polar surface area (TPSA) is 94.6 Å². The van der Waals surface area contributed by atoms with E-state index in [0.29, 0.717) is 10.8 Å². The van der Waals surface area contributed by atoms with Crippen LogP contribution in [0.25, 0.3) is 0 Å². The SMILES string of the molecule is CCOS(=O)(=S)CCCS(=O)(=O)CCSS(=O)(=O)CC. The maximum atomic E-state index is 11.7. The van der Waals surface area contributed by atoms with Crippen molar-refractivity contribution in [3.63, 3.8) is 0 Å². The monoisotopic (exact) mass is 384 g/mol. The van der Waals surface area contributed by atoms with E-state index in [2.05, 4.69) is 0 Å². The molecule has 0 saturated carbocycles. The van der Waals surface area contributed by atoms with E-state index < -0.39 is 27.5 Å². The molecular weight excluding hydrogens is 364 g/mol. The maximum Gasteiger partial charge on any atom is 0.201 e. The predicted octanol–water partition coefficient (Wildman–Crippen LogP) is 0.572. The summed E-state index contributed by atoms with van der Waals surface area (Å²) in [5.41, 5.74) is 0. The molecule has 20 heavy (non-hydrogen) atoms. The summed E-state index contributed by atoms with van der Waals surface area (Å²) in [7, 11) is -8.78. The van der Waals surface area contributed by atoms with Crippen LogP contribution in [0.4, 0.5) is 0 Å². The van der Waals surface area contributed by atoms with Crippen LogP contribution in [0, 0.1) is 0 Å². The average Bonchev–Trinajstić information content (AvgIpc) is 2.27. The van der Waals surface area contributed by atoms with Crippen molar-refractivity contribution in [2.45, 2.75) is 20.3 Å². The average molecular weight is 385 g/mol. The molecule has 0 radical (unpaired) electrons. The van der Waals surface area contributed by atoms with Gasteiger partial charge in [-0.15, -0.1) is 0 Å². The molecule has 1 unspecified atom stereocenters. The van der Waals surface area contributed by atoms with E-state index in [9.17, 15) is 21.0 Å². The lowest BCUT2D eigenvalue weighted by Gasteiger charge is -2.07. The van der Waals surface area contributed by atoms with Gasteiger partial charge in [-0.25, -0.2) is 21.0 Å². The lowest BCUT2D eigenvalue weighted by Crippen LogP contribution is -2.17. The Hall–Kier alpha value is 0.580. The van der Waals surface area contributed by atoms with Crippen LogP contribution in [-0.2, 0) is 42.9 Å². The van der Waals surface area contributed by atoms with Gasteiger partial charge >= 0.3 is 0 Å². The molecule has 6 nitrogen and oxygen atoms in total. The van der Waals surface area contributed by atoms with E-state index in [1.165, 1.54) is 6.92 Å². The van der Waals surface area contributed by atoms with Crippen LogP contribution in [0.15, 0.2) is 0 Å². The van der Waals surface area contributed by atoms with Gasteiger partial charge in [-0.1, -0.05) is 6.92 Å². The van der Waals surface area contributed by atoms with Crippen LogP contribution in [-0.4, -0.2) is 56.4 Å². The number of rotatable bonds is 11. The second-order valence-electron chi connectivity index (χ2n) is 3.84. The fourth-order valence-electron chi connectivity index (χ4n) is 1.17. The van der Waals surface area contributed by atoms with Crippen molar-refractivity contribution in [2.75, 3.05) is 35.4 Å². The zero-order chi connectivity index (χ0) is 15.9. The van der Waals surface area contributed by atoms with Gasteiger partial charge in [0.15, 0.2) is 9.84 Å². The van der Waals surface area contributed by atoms with Crippen molar-refractivity contribution in [1.82, 2.24) is 0 Å². The largest absolute Gasteiger partial charge is 0.290 e. The molecule has 0 heterocycles. The van der Waals surface area contributed by atoms with E-state index in [4.69, 9.17) is 15.4 Å². The van der Waals surface area contributed by atoms with E-state index >= 15 is 0 Å². The normalized spacial score (nSPS) is 15.9. The van der Waals surface area contributed by atoms with E-state index in [1.807, 2.05) is 0 Å². The van der Waals surface area contributed by atoms with Crippen molar-refractivity contribution in [3.05, 3.63) is 0 Å². The van der Waals surface area contributed by atoms with Crippen molar-refractivity contribution >= 4 is 49.5 Å². The first-order valence-corrected chi connectivity index (χ1v) is 13.5. The Morgan fingerprint density at radius 1 is 1.00 bits per heavy atom. The smallest absolute Gasteiger partial charge is 0.201 e. The second kappa shape index (κ2) is 8.89. The number of sulfone groups is 1. The Bertz CT molecular complexity index is 574. The van der Waals surface area contributed by atoms with Gasteiger partial charge in [-0.2, -0.15) is 0 Å². The molecule has 0 N–H and O–H groups in total. The molecular formula is C9H20O6S5. The van der Waals surface area contributed by atoms with Gasteiger partial charge in [0, 0.05) is 16.9 Å². The molecule has 0 aliphatic carbocycles. The summed E-state index contributed by atoms with van der Waals surface area (Å²) in [6, 6.07) is 0. The summed E-state index contributed by atoms with van der Waals surface area (Å²) in [4.78, 5) is 0. The van der Waals surface area contributed by atoms with Crippen LogP contribution in [0.1, 0.15) is 20.3 Å². The van der Waals surface area contributed by atoms with Gasteiger partial charge in [0.1, 0.15) is 8.77 Å². The molecule has 0 spiro atoms. The van der Waals surface area contributed by atoms with Crippen LogP contribution in [0.2, 0.25) is 0 Å². The van der Waals surface area contributed by atoms with Gasteiger partial charge < -0.3 is 0 Å². The zero-order valence-corrected chi connectivity index (χ0v) is 15.5. The Balaban J connectivity index is 4.16. The fraction of sp³-hybridized carbons (Fsp3) is 1.00. The molecule has 0 aromatic heterocycles. The van der Waals surface area contributed by atoms with Crippen molar-refractivity contribution < 1.29 is 25.2 Å². The number of hydrogen-bond acceptors (Lipinski definition) is 8. The molecule has 0 aromatic rings. The van der Waals surface area contributed by atoms with Gasteiger partial charge in [0.05, 0.1) is 29.6 Å². The van der Waals surface area contributed by atoms with Crippen molar-refractivity contribution in [2.24, 2.45) is 0 Å². The lowest BCUT2D eigenvalue weighted by atomic mass is 10.6. The highest BCUT2D eigenvalue weighted by molar-refractivity contribution is 8.72. The van der Waals surface area contributed by atoms with Gasteiger partial charge in [-0.3, -0.25) is 4.18 Å². The third kappa shape index (κ3) is 10.3. The summed E-state index contributed by atoms with van der Waals surface area (Å²) in [6.45, 7) is 3.39. The summed E-state index contributed by atoms with van der Waals surface area (Å²) in [6.07, 6.45) is 0.149. The summed E-state index contributed by atoms with van der Waals surface area (Å²) in [5.74, 6) is -0.391. The van der Waals surface area contributed by atoms with Crippen LogP contribution in [0.3, 0.4) is 0 Å². The molecule has 0 rings (SSSR count). The quantitative estimate of drug-likeness (QED) is 0.477. The third-order valence-corrected chi connectivity index (χ3v) is 10.0. The molecule has 11 heteroatoms. The van der Waals surface area contributed by atoms with Gasteiger partial charge in [0.25, 0.3) is 0 Å². The molecule has 0 aliphatic heterocycles. The van der Waals surface area contributed by atoms with Crippen LogP contribution in [0.5, 0.6) is 0 Å². The minimum absolute atomic E-state index is 0.00716. The van der Waals surface area contributed by atoms with Crippen molar-refractivity contribution in [1.29, 1.82) is 0 Å². The number of hydrogen-bond donors (Lipinski definition) is 0. The standard InChI is InChI=1S/C9H20O6S5/c1-3-15-20(14,16)8-5-7-18(10,11)9-6-17-19(12,13)4-2/h3-9H2,1-2H3. The first-order chi connectivity index (χ1) is 9.04. The van der Waals surface area contributed by atoms with Gasteiger partial charge in [-0.05, 0) is 24.1 Å². The zero-order valence-electron chi connectivity index (χ0n) is 11.4. The first-order valence-electron chi connectivity index (χ1n) is 5.98. The van der Waals surface area contributed by atoms with E-state index in [1.54, 1.807) is 6.92 Å². The Morgan fingerprint density at radius 3 is 2.10 bits per heavy atom. The highest BCUT2D eigenvalue weighted by Crippen LogP contribution is 2.13. The summed E-state index contributed by atoms with van der Waals surface area (Å²) >= 11 is 4.71. The molecule has 0 fully saturated rings. The molecule has 0 saturated heterocycles. The predicted molar refractivity (Wildman–Crippen MR) is 87.2 cm³/mol. The highest BCUT2D eigenvalue weighted by atomic mass is 33.1. The summed E-state index contributed by atoms with van der Waals surface area (Å²) in [5, 5.41) is 0. The summed E-state index contributed by atoms with van der Waals surface area (Å²) < 4.78 is 62.2. The highest BCUT2D eigenvalue weighted by Gasteiger charge is 2.16. The van der Waals surface area contributed by atoms with Gasteiger partial charge in [0.2, 0.25) is 8.87 Å². The molecule has 0 bridgehead atoms. The van der Waals surface area contributed by atoms with Crippen LogP contribution >= 0.6 is 10.8 Å². The Morgan fingerprint density at radius 2 is 1.60 bits per heavy atom. The van der Waals surface area contributed by atoms with Crippen LogP contribution < -0.4 is 0 Å². The minimum Gasteiger partial charge on any atom is -0.290 e. The molecule has 0 aromatic carbocycles.